The van der Waals surface area contributed by atoms with Crippen molar-refractivity contribution in [2.75, 3.05) is 7.11 Å². The SMILES string of the molecule is COc1ccc(C(F)(F)F)cc1S(N)(=O)=O. The Balaban J connectivity index is 3.46. The van der Waals surface area contributed by atoms with Gasteiger partial charge in [-0.05, 0) is 18.2 Å². The minimum Gasteiger partial charge on any atom is -0.495 e. The van der Waals surface area contributed by atoms with Gasteiger partial charge in [0.2, 0.25) is 10.0 Å². The van der Waals surface area contributed by atoms with Gasteiger partial charge in [-0.15, -0.1) is 0 Å². The van der Waals surface area contributed by atoms with E-state index in [1.54, 1.807) is 0 Å². The first kappa shape index (κ1) is 12.8. The Morgan fingerprint density at radius 2 is 1.88 bits per heavy atom. The molecule has 0 aromatic heterocycles. The van der Waals surface area contributed by atoms with Crippen molar-refractivity contribution in [3.8, 4) is 5.75 Å². The number of primary sulfonamides is 1. The molecule has 1 aromatic rings. The standard InChI is InChI=1S/C8H8F3NO3S/c1-15-6-3-2-5(8(9,10)11)4-7(6)16(12,13)14/h2-4H,1H3,(H2,12,13,14). The fourth-order valence-corrected chi connectivity index (χ4v) is 1.80. The Labute approximate surface area is 89.9 Å². The van der Waals surface area contributed by atoms with Crippen molar-refractivity contribution in [2.24, 2.45) is 5.14 Å². The summed E-state index contributed by atoms with van der Waals surface area (Å²) in [4.78, 5) is -0.690. The van der Waals surface area contributed by atoms with E-state index in [2.05, 4.69) is 4.74 Å². The molecule has 16 heavy (non-hydrogen) atoms. The predicted molar refractivity (Wildman–Crippen MR) is 49.4 cm³/mol. The average molecular weight is 255 g/mol. The van der Waals surface area contributed by atoms with Crippen LogP contribution in [0.25, 0.3) is 0 Å². The molecule has 0 fully saturated rings. The number of ether oxygens (including phenoxy) is 1. The van der Waals surface area contributed by atoms with Gasteiger partial charge in [-0.2, -0.15) is 13.2 Å². The molecule has 0 bridgehead atoms. The van der Waals surface area contributed by atoms with Crippen molar-refractivity contribution in [2.45, 2.75) is 11.1 Å². The highest BCUT2D eigenvalue weighted by molar-refractivity contribution is 7.89. The van der Waals surface area contributed by atoms with Gasteiger partial charge < -0.3 is 4.74 Å². The van der Waals surface area contributed by atoms with E-state index >= 15 is 0 Å². The van der Waals surface area contributed by atoms with E-state index < -0.39 is 26.7 Å². The molecule has 0 spiro atoms. The van der Waals surface area contributed by atoms with E-state index in [1.807, 2.05) is 0 Å². The number of halogens is 3. The molecule has 0 saturated heterocycles. The minimum absolute atomic E-state index is 0.226. The van der Waals surface area contributed by atoms with Gasteiger partial charge in [-0.25, -0.2) is 13.6 Å². The first-order chi connectivity index (χ1) is 7.16. The van der Waals surface area contributed by atoms with Crippen LogP contribution in [0.3, 0.4) is 0 Å². The van der Waals surface area contributed by atoms with E-state index in [4.69, 9.17) is 5.14 Å². The molecule has 0 radical (unpaired) electrons. The van der Waals surface area contributed by atoms with Crippen LogP contribution in [0.1, 0.15) is 5.56 Å². The number of methoxy groups -OCH3 is 1. The maximum atomic E-state index is 12.3. The van der Waals surface area contributed by atoms with Crippen LogP contribution < -0.4 is 9.88 Å². The van der Waals surface area contributed by atoms with Crippen molar-refractivity contribution in [3.63, 3.8) is 0 Å². The van der Waals surface area contributed by atoms with Crippen molar-refractivity contribution in [1.29, 1.82) is 0 Å². The highest BCUT2D eigenvalue weighted by Crippen LogP contribution is 2.33. The van der Waals surface area contributed by atoms with Crippen molar-refractivity contribution in [3.05, 3.63) is 23.8 Å². The zero-order valence-corrected chi connectivity index (χ0v) is 8.89. The number of hydrogen-bond acceptors (Lipinski definition) is 3. The number of alkyl halides is 3. The van der Waals surface area contributed by atoms with E-state index in [-0.39, 0.29) is 5.75 Å². The zero-order chi connectivity index (χ0) is 12.6. The average Bonchev–Trinajstić information content (AvgIpc) is 2.14. The van der Waals surface area contributed by atoms with Crippen molar-refractivity contribution < 1.29 is 26.3 Å². The summed E-state index contributed by atoms with van der Waals surface area (Å²) in [5.74, 6) is -0.226. The second-order valence-electron chi connectivity index (χ2n) is 2.91. The molecule has 0 amide bonds. The quantitative estimate of drug-likeness (QED) is 0.867. The fourth-order valence-electron chi connectivity index (χ4n) is 1.08. The Hall–Kier alpha value is -1.28. The molecular weight excluding hydrogens is 247 g/mol. The number of benzene rings is 1. The summed E-state index contributed by atoms with van der Waals surface area (Å²) >= 11 is 0. The van der Waals surface area contributed by atoms with Crippen LogP contribution in [0.4, 0.5) is 13.2 Å². The normalized spacial score (nSPS) is 12.6. The van der Waals surface area contributed by atoms with Crippen LogP contribution >= 0.6 is 0 Å². The van der Waals surface area contributed by atoms with Crippen LogP contribution in [0.15, 0.2) is 23.1 Å². The Bertz CT molecular complexity index is 496. The number of nitrogens with two attached hydrogens (primary N) is 1. The lowest BCUT2D eigenvalue weighted by atomic mass is 10.2. The van der Waals surface area contributed by atoms with Gasteiger partial charge in [-0.3, -0.25) is 0 Å². The van der Waals surface area contributed by atoms with Gasteiger partial charge in [0, 0.05) is 0 Å². The summed E-state index contributed by atoms with van der Waals surface area (Å²) in [7, 11) is -3.12. The van der Waals surface area contributed by atoms with E-state index in [1.165, 1.54) is 0 Å². The van der Waals surface area contributed by atoms with Crippen LogP contribution in [-0.4, -0.2) is 15.5 Å². The predicted octanol–water partition coefficient (Wildman–Crippen LogP) is 1.36. The highest BCUT2D eigenvalue weighted by Gasteiger charge is 2.32. The largest absolute Gasteiger partial charge is 0.495 e. The first-order valence-corrected chi connectivity index (χ1v) is 5.49. The molecule has 1 aromatic carbocycles. The van der Waals surface area contributed by atoms with Crippen molar-refractivity contribution in [1.82, 2.24) is 0 Å². The summed E-state index contributed by atoms with van der Waals surface area (Å²) in [6.45, 7) is 0. The molecule has 2 N–H and O–H groups in total. The van der Waals surface area contributed by atoms with Crippen LogP contribution in [0.5, 0.6) is 5.75 Å². The number of hydrogen-bond donors (Lipinski definition) is 1. The van der Waals surface area contributed by atoms with Gasteiger partial charge in [-0.1, -0.05) is 0 Å². The number of rotatable bonds is 2. The van der Waals surface area contributed by atoms with Gasteiger partial charge in [0.05, 0.1) is 12.7 Å². The van der Waals surface area contributed by atoms with Crippen LogP contribution in [0.2, 0.25) is 0 Å². The molecule has 0 unspecified atom stereocenters. The van der Waals surface area contributed by atoms with E-state index in [9.17, 15) is 21.6 Å². The minimum atomic E-state index is -4.63. The summed E-state index contributed by atoms with van der Waals surface area (Å²) < 4.78 is 63.6. The molecule has 0 aliphatic carbocycles. The monoisotopic (exact) mass is 255 g/mol. The lowest BCUT2D eigenvalue weighted by Crippen LogP contribution is -2.15. The number of sulfonamides is 1. The summed E-state index contributed by atoms with van der Waals surface area (Å²) in [5.41, 5.74) is -1.10. The van der Waals surface area contributed by atoms with Gasteiger partial charge in [0.25, 0.3) is 0 Å². The topological polar surface area (TPSA) is 69.4 Å². The second kappa shape index (κ2) is 3.95. The maximum Gasteiger partial charge on any atom is 0.416 e. The summed E-state index contributed by atoms with van der Waals surface area (Å²) in [5, 5.41) is 4.77. The molecule has 90 valence electrons. The first-order valence-electron chi connectivity index (χ1n) is 3.94. The molecule has 0 saturated carbocycles. The molecule has 0 aliphatic heterocycles. The third-order valence-corrected chi connectivity index (χ3v) is 2.73. The smallest absolute Gasteiger partial charge is 0.416 e. The van der Waals surface area contributed by atoms with Crippen molar-refractivity contribution >= 4 is 10.0 Å². The molecular formula is C8H8F3NO3S. The highest BCUT2D eigenvalue weighted by atomic mass is 32.2. The van der Waals surface area contributed by atoms with Gasteiger partial charge in [0.1, 0.15) is 10.6 Å². The zero-order valence-electron chi connectivity index (χ0n) is 8.08. The lowest BCUT2D eigenvalue weighted by molar-refractivity contribution is -0.137. The molecule has 0 aliphatic rings. The third kappa shape index (κ3) is 2.64. The lowest BCUT2D eigenvalue weighted by Gasteiger charge is -2.11. The molecule has 0 atom stereocenters. The molecule has 1 rings (SSSR count). The second-order valence-corrected chi connectivity index (χ2v) is 4.44. The molecule has 0 heterocycles. The van der Waals surface area contributed by atoms with E-state index in [0.29, 0.717) is 12.1 Å². The molecule has 4 nitrogen and oxygen atoms in total. The summed E-state index contributed by atoms with van der Waals surface area (Å²) in [6.07, 6.45) is -4.63. The van der Waals surface area contributed by atoms with Gasteiger partial charge >= 0.3 is 6.18 Å². The third-order valence-electron chi connectivity index (χ3n) is 1.80. The molecule has 8 heteroatoms. The maximum absolute atomic E-state index is 12.3. The van der Waals surface area contributed by atoms with Gasteiger partial charge in [0.15, 0.2) is 0 Å². The Kier molecular flexibility index (Phi) is 3.15. The Morgan fingerprint density at radius 3 is 2.25 bits per heavy atom. The Morgan fingerprint density at radius 1 is 1.31 bits per heavy atom. The van der Waals surface area contributed by atoms with E-state index in [0.717, 1.165) is 13.2 Å². The fraction of sp³-hybridized carbons (Fsp3) is 0.250. The van der Waals surface area contributed by atoms with Crippen LogP contribution in [-0.2, 0) is 16.2 Å². The van der Waals surface area contributed by atoms with Crippen LogP contribution in [0, 0.1) is 0 Å². The summed E-state index contributed by atoms with van der Waals surface area (Å²) in [6, 6.07) is 2.06.